The number of hydrogen-bond acceptors (Lipinski definition) is 3. The summed E-state index contributed by atoms with van der Waals surface area (Å²) in [7, 11) is 0. The van der Waals surface area contributed by atoms with E-state index in [4.69, 9.17) is 4.74 Å². The van der Waals surface area contributed by atoms with E-state index in [1.165, 1.54) is 0 Å². The van der Waals surface area contributed by atoms with Gasteiger partial charge in [0.15, 0.2) is 0 Å². The maximum absolute atomic E-state index is 10.4. The molecule has 20 heavy (non-hydrogen) atoms. The Hall–Kier alpha value is -0.970. The van der Waals surface area contributed by atoms with Gasteiger partial charge in [-0.2, -0.15) is 0 Å². The van der Waals surface area contributed by atoms with Gasteiger partial charge in [-0.1, -0.05) is 30.3 Å². The van der Waals surface area contributed by atoms with E-state index in [0.29, 0.717) is 12.4 Å². The van der Waals surface area contributed by atoms with Gasteiger partial charge in [0.2, 0.25) is 0 Å². The fraction of sp³-hybridized carbons (Fsp3) is 0.250. The van der Waals surface area contributed by atoms with Gasteiger partial charge in [0.05, 0.1) is 12.7 Å². The quantitative estimate of drug-likeness (QED) is 0.765. The van der Waals surface area contributed by atoms with Crippen LogP contribution in [0.2, 0.25) is 0 Å². The Kier molecular flexibility index (Phi) is 5.95. The van der Waals surface area contributed by atoms with E-state index >= 15 is 0 Å². The van der Waals surface area contributed by atoms with Gasteiger partial charge in [-0.3, -0.25) is 0 Å². The van der Waals surface area contributed by atoms with Gasteiger partial charge < -0.3 is 9.84 Å². The van der Waals surface area contributed by atoms with E-state index < -0.39 is 6.10 Å². The maximum atomic E-state index is 10.4. The molecule has 0 aliphatic rings. The smallest absolute Gasteiger partial charge is 0.125 e. The standard InChI is InChI=1S/C16H17BrO2S/c1-2-19-15-9-5-3-7-12(15)14(18)11-20-16-10-6-4-8-13(16)17/h3-10,14,18H,2,11H2,1H3. The van der Waals surface area contributed by atoms with Gasteiger partial charge in [0.25, 0.3) is 0 Å². The minimum absolute atomic E-state index is 0.546. The molecule has 0 saturated heterocycles. The fourth-order valence-corrected chi connectivity index (χ4v) is 3.39. The number of aliphatic hydroxyl groups is 1. The summed E-state index contributed by atoms with van der Waals surface area (Å²) in [6, 6.07) is 15.7. The van der Waals surface area contributed by atoms with Crippen LogP contribution in [0.3, 0.4) is 0 Å². The fourth-order valence-electron chi connectivity index (χ4n) is 1.86. The Morgan fingerprint density at radius 3 is 2.60 bits per heavy atom. The number of halogens is 1. The topological polar surface area (TPSA) is 29.5 Å². The van der Waals surface area contributed by atoms with Crippen LogP contribution < -0.4 is 4.74 Å². The molecule has 0 fully saturated rings. The van der Waals surface area contributed by atoms with Crippen LogP contribution in [0.25, 0.3) is 0 Å². The summed E-state index contributed by atoms with van der Waals surface area (Å²) in [5.74, 6) is 1.35. The molecule has 0 bridgehead atoms. The number of para-hydroxylation sites is 1. The molecule has 0 amide bonds. The molecule has 1 N–H and O–H groups in total. The van der Waals surface area contributed by atoms with E-state index in [1.54, 1.807) is 11.8 Å². The highest BCUT2D eigenvalue weighted by Gasteiger charge is 2.14. The van der Waals surface area contributed by atoms with Crippen LogP contribution in [-0.4, -0.2) is 17.5 Å². The van der Waals surface area contributed by atoms with E-state index in [1.807, 2.05) is 55.5 Å². The van der Waals surface area contributed by atoms with Crippen molar-refractivity contribution in [1.82, 2.24) is 0 Å². The molecule has 0 aromatic heterocycles. The molecule has 0 aliphatic heterocycles. The second kappa shape index (κ2) is 7.72. The molecule has 2 nitrogen and oxygen atoms in total. The minimum atomic E-state index is -0.546. The number of rotatable bonds is 6. The number of ether oxygens (including phenoxy) is 1. The molecule has 0 saturated carbocycles. The van der Waals surface area contributed by atoms with Gasteiger partial charge in [0, 0.05) is 20.7 Å². The highest BCUT2D eigenvalue weighted by molar-refractivity contribution is 9.10. The van der Waals surface area contributed by atoms with Crippen LogP contribution in [0, 0.1) is 0 Å². The maximum Gasteiger partial charge on any atom is 0.125 e. The molecular weight excluding hydrogens is 336 g/mol. The van der Waals surface area contributed by atoms with Crippen LogP contribution in [-0.2, 0) is 0 Å². The highest BCUT2D eigenvalue weighted by Crippen LogP contribution is 2.33. The van der Waals surface area contributed by atoms with Crippen molar-refractivity contribution >= 4 is 27.7 Å². The molecule has 2 aromatic rings. The van der Waals surface area contributed by atoms with Crippen LogP contribution in [0.15, 0.2) is 57.9 Å². The summed E-state index contributed by atoms with van der Waals surface area (Å²) in [4.78, 5) is 1.13. The third-order valence-corrected chi connectivity index (χ3v) is 4.91. The molecule has 1 atom stereocenters. The normalized spacial score (nSPS) is 12.2. The van der Waals surface area contributed by atoms with E-state index in [-0.39, 0.29) is 0 Å². The average molecular weight is 353 g/mol. The van der Waals surface area contributed by atoms with Crippen LogP contribution >= 0.6 is 27.7 Å². The summed E-state index contributed by atoms with van der Waals surface area (Å²) >= 11 is 5.14. The van der Waals surface area contributed by atoms with Crippen molar-refractivity contribution in [3.63, 3.8) is 0 Å². The van der Waals surface area contributed by atoms with Gasteiger partial charge in [0.1, 0.15) is 5.75 Å². The Balaban J connectivity index is 2.05. The predicted molar refractivity (Wildman–Crippen MR) is 87.4 cm³/mol. The Morgan fingerprint density at radius 2 is 1.85 bits per heavy atom. The molecule has 0 aliphatic carbocycles. The van der Waals surface area contributed by atoms with E-state index in [9.17, 15) is 5.11 Å². The molecule has 2 aromatic carbocycles. The Bertz CT molecular complexity index is 560. The zero-order chi connectivity index (χ0) is 14.4. The number of aliphatic hydroxyl groups excluding tert-OH is 1. The van der Waals surface area contributed by atoms with Crippen molar-refractivity contribution in [2.45, 2.75) is 17.9 Å². The SMILES string of the molecule is CCOc1ccccc1C(O)CSc1ccccc1Br. The summed E-state index contributed by atoms with van der Waals surface area (Å²) in [5, 5.41) is 10.4. The molecule has 0 radical (unpaired) electrons. The van der Waals surface area contributed by atoms with Crippen LogP contribution in [0.4, 0.5) is 0 Å². The second-order valence-corrected chi connectivity index (χ2v) is 6.14. The molecule has 0 heterocycles. The Labute approximate surface area is 132 Å². The zero-order valence-corrected chi connectivity index (χ0v) is 13.7. The van der Waals surface area contributed by atoms with Crippen LogP contribution in [0.5, 0.6) is 5.75 Å². The van der Waals surface area contributed by atoms with Crippen molar-refractivity contribution in [2.75, 3.05) is 12.4 Å². The van der Waals surface area contributed by atoms with Crippen molar-refractivity contribution in [3.05, 3.63) is 58.6 Å². The van der Waals surface area contributed by atoms with Gasteiger partial charge >= 0.3 is 0 Å². The van der Waals surface area contributed by atoms with Crippen molar-refractivity contribution in [2.24, 2.45) is 0 Å². The molecule has 106 valence electrons. The first-order chi connectivity index (χ1) is 9.72. The molecule has 4 heteroatoms. The molecular formula is C16H17BrO2S. The third kappa shape index (κ3) is 4.01. The summed E-state index contributed by atoms with van der Waals surface area (Å²) in [5.41, 5.74) is 0.842. The second-order valence-electron chi connectivity index (χ2n) is 4.23. The zero-order valence-electron chi connectivity index (χ0n) is 11.3. The molecule has 2 rings (SSSR count). The lowest BCUT2D eigenvalue weighted by molar-refractivity contribution is 0.196. The largest absolute Gasteiger partial charge is 0.493 e. The monoisotopic (exact) mass is 352 g/mol. The van der Waals surface area contributed by atoms with Gasteiger partial charge in [-0.05, 0) is 41.1 Å². The van der Waals surface area contributed by atoms with Gasteiger partial charge in [-0.15, -0.1) is 11.8 Å². The van der Waals surface area contributed by atoms with Crippen molar-refractivity contribution in [3.8, 4) is 5.75 Å². The van der Waals surface area contributed by atoms with Crippen molar-refractivity contribution in [1.29, 1.82) is 0 Å². The summed E-state index contributed by atoms with van der Waals surface area (Å²) in [6.45, 7) is 2.54. The van der Waals surface area contributed by atoms with Gasteiger partial charge in [-0.25, -0.2) is 0 Å². The summed E-state index contributed by atoms with van der Waals surface area (Å²) in [6.07, 6.45) is -0.546. The lowest BCUT2D eigenvalue weighted by Crippen LogP contribution is -2.04. The Morgan fingerprint density at radius 1 is 1.15 bits per heavy atom. The summed E-state index contributed by atoms with van der Waals surface area (Å²) < 4.78 is 6.61. The minimum Gasteiger partial charge on any atom is -0.493 e. The third-order valence-electron chi connectivity index (χ3n) is 2.81. The first-order valence-corrected chi connectivity index (χ1v) is 8.27. The lowest BCUT2D eigenvalue weighted by Gasteiger charge is -2.15. The molecule has 0 spiro atoms. The number of benzene rings is 2. The molecule has 1 unspecified atom stereocenters. The predicted octanol–water partition coefficient (Wildman–Crippen LogP) is 4.67. The highest BCUT2D eigenvalue weighted by atomic mass is 79.9. The number of thioether (sulfide) groups is 1. The van der Waals surface area contributed by atoms with E-state index in [2.05, 4.69) is 15.9 Å². The van der Waals surface area contributed by atoms with Crippen molar-refractivity contribution < 1.29 is 9.84 Å². The average Bonchev–Trinajstić information content (AvgIpc) is 2.47. The first kappa shape index (κ1) is 15.4. The lowest BCUT2D eigenvalue weighted by atomic mass is 10.1. The van der Waals surface area contributed by atoms with E-state index in [0.717, 1.165) is 20.7 Å². The first-order valence-electron chi connectivity index (χ1n) is 6.49. The van der Waals surface area contributed by atoms with Crippen LogP contribution in [0.1, 0.15) is 18.6 Å². The number of hydrogen-bond donors (Lipinski definition) is 1.